The first-order valence-corrected chi connectivity index (χ1v) is 6.50. The summed E-state index contributed by atoms with van der Waals surface area (Å²) in [5.41, 5.74) is 8.56. The number of anilines is 2. The topological polar surface area (TPSA) is 64.3 Å². The maximum atomic E-state index is 13.1. The summed E-state index contributed by atoms with van der Waals surface area (Å²) in [6.07, 6.45) is 0. The van der Waals surface area contributed by atoms with E-state index >= 15 is 0 Å². The lowest BCUT2D eigenvalue weighted by Crippen LogP contribution is -2.21. The highest BCUT2D eigenvalue weighted by Gasteiger charge is 2.08. The molecule has 0 fully saturated rings. The van der Waals surface area contributed by atoms with Crippen molar-refractivity contribution in [3.05, 3.63) is 53.3 Å². The van der Waals surface area contributed by atoms with Crippen LogP contribution in [-0.4, -0.2) is 12.5 Å². The number of carbonyl (C=O) groups is 1. The summed E-state index contributed by atoms with van der Waals surface area (Å²) in [5.74, 6) is -0.371. The van der Waals surface area contributed by atoms with Gasteiger partial charge in [0.25, 0.3) is 5.91 Å². The number of hydrogen-bond donors (Lipinski definition) is 2. The molecule has 0 heterocycles. The molecule has 0 bridgehead atoms. The number of benzene rings is 2. The molecular weight excluding hydrogens is 271 g/mol. The second-order valence-corrected chi connectivity index (χ2v) is 4.82. The van der Waals surface area contributed by atoms with Crippen LogP contribution in [-0.2, 0) is 4.79 Å². The van der Waals surface area contributed by atoms with Gasteiger partial charge in [-0.1, -0.05) is 12.1 Å². The van der Waals surface area contributed by atoms with E-state index in [1.54, 1.807) is 25.1 Å². The number of aryl methyl sites for hydroxylation is 2. The van der Waals surface area contributed by atoms with Crippen molar-refractivity contribution in [3.63, 3.8) is 0 Å². The van der Waals surface area contributed by atoms with Crippen LogP contribution in [0.2, 0.25) is 0 Å². The smallest absolute Gasteiger partial charge is 0.262 e. The number of nitrogens with two attached hydrogens (primary N) is 1. The Morgan fingerprint density at radius 3 is 2.67 bits per heavy atom. The van der Waals surface area contributed by atoms with Crippen molar-refractivity contribution < 1.29 is 13.9 Å². The molecule has 2 aromatic carbocycles. The standard InChI is InChI=1S/C16H17FN2O2/c1-10-4-6-13(18)8-14(10)19-16(20)9-21-15-7-12(17)5-3-11(15)2/h3-8H,9,18H2,1-2H3,(H,19,20). The Hall–Kier alpha value is -2.56. The van der Waals surface area contributed by atoms with Gasteiger partial charge in [-0.25, -0.2) is 4.39 Å². The van der Waals surface area contributed by atoms with Crippen LogP contribution in [0.3, 0.4) is 0 Å². The zero-order valence-corrected chi connectivity index (χ0v) is 11.9. The molecular formula is C16H17FN2O2. The van der Waals surface area contributed by atoms with Crippen molar-refractivity contribution in [2.24, 2.45) is 0 Å². The molecule has 0 aliphatic rings. The first kappa shape index (κ1) is 14.8. The number of nitrogen functional groups attached to an aromatic ring is 1. The van der Waals surface area contributed by atoms with Crippen molar-refractivity contribution in [2.75, 3.05) is 17.7 Å². The minimum absolute atomic E-state index is 0.196. The van der Waals surface area contributed by atoms with E-state index < -0.39 is 5.82 Å². The summed E-state index contributed by atoms with van der Waals surface area (Å²) < 4.78 is 18.5. The van der Waals surface area contributed by atoms with Gasteiger partial charge in [0.2, 0.25) is 0 Å². The minimum Gasteiger partial charge on any atom is -0.483 e. The number of amides is 1. The average Bonchev–Trinajstić information content (AvgIpc) is 2.44. The van der Waals surface area contributed by atoms with Crippen LogP contribution in [0.25, 0.3) is 0 Å². The van der Waals surface area contributed by atoms with Gasteiger partial charge >= 0.3 is 0 Å². The van der Waals surface area contributed by atoms with Gasteiger partial charge in [-0.05, 0) is 43.2 Å². The fourth-order valence-corrected chi connectivity index (χ4v) is 1.83. The van der Waals surface area contributed by atoms with E-state index in [9.17, 15) is 9.18 Å². The van der Waals surface area contributed by atoms with Crippen molar-refractivity contribution >= 4 is 17.3 Å². The summed E-state index contributed by atoms with van der Waals surface area (Å²) in [6, 6.07) is 9.47. The second-order valence-electron chi connectivity index (χ2n) is 4.82. The maximum Gasteiger partial charge on any atom is 0.262 e. The monoisotopic (exact) mass is 288 g/mol. The Kier molecular flexibility index (Phi) is 4.42. The molecule has 0 aliphatic heterocycles. The highest BCUT2D eigenvalue weighted by molar-refractivity contribution is 5.93. The Balaban J connectivity index is 1.99. The second kappa shape index (κ2) is 6.26. The average molecular weight is 288 g/mol. The van der Waals surface area contributed by atoms with Crippen molar-refractivity contribution in [3.8, 4) is 5.75 Å². The number of ether oxygens (including phenoxy) is 1. The molecule has 3 N–H and O–H groups in total. The molecule has 0 saturated carbocycles. The lowest BCUT2D eigenvalue weighted by Gasteiger charge is -2.11. The lowest BCUT2D eigenvalue weighted by molar-refractivity contribution is -0.118. The first-order chi connectivity index (χ1) is 9.95. The predicted octanol–water partition coefficient (Wildman–Crippen LogP) is 3.04. The maximum absolute atomic E-state index is 13.1. The molecule has 21 heavy (non-hydrogen) atoms. The molecule has 0 atom stereocenters. The van der Waals surface area contributed by atoms with E-state index in [-0.39, 0.29) is 12.5 Å². The van der Waals surface area contributed by atoms with Crippen LogP contribution in [0.5, 0.6) is 5.75 Å². The van der Waals surface area contributed by atoms with Gasteiger partial charge in [0.15, 0.2) is 6.61 Å². The van der Waals surface area contributed by atoms with Gasteiger partial charge < -0.3 is 15.8 Å². The quantitative estimate of drug-likeness (QED) is 0.850. The summed E-state index contributed by atoms with van der Waals surface area (Å²) in [6.45, 7) is 3.46. The molecule has 5 heteroatoms. The third-order valence-electron chi connectivity index (χ3n) is 3.04. The van der Waals surface area contributed by atoms with E-state index in [1.807, 2.05) is 13.0 Å². The van der Waals surface area contributed by atoms with Gasteiger partial charge in [-0.2, -0.15) is 0 Å². The molecule has 2 rings (SSSR count). The minimum atomic E-state index is -0.400. The van der Waals surface area contributed by atoms with E-state index in [0.29, 0.717) is 17.1 Å². The van der Waals surface area contributed by atoms with Crippen molar-refractivity contribution in [1.29, 1.82) is 0 Å². The molecule has 1 amide bonds. The van der Waals surface area contributed by atoms with Crippen LogP contribution < -0.4 is 15.8 Å². The molecule has 0 spiro atoms. The first-order valence-electron chi connectivity index (χ1n) is 6.50. The van der Waals surface area contributed by atoms with Crippen LogP contribution in [0.15, 0.2) is 36.4 Å². The number of hydrogen-bond acceptors (Lipinski definition) is 3. The molecule has 0 unspecified atom stereocenters. The van der Waals surface area contributed by atoms with Gasteiger partial charge in [-0.3, -0.25) is 4.79 Å². The van der Waals surface area contributed by atoms with Crippen LogP contribution in [0.4, 0.5) is 15.8 Å². The molecule has 2 aromatic rings. The predicted molar refractivity (Wildman–Crippen MR) is 80.9 cm³/mol. The summed E-state index contributed by atoms with van der Waals surface area (Å²) in [5, 5.41) is 2.72. The zero-order chi connectivity index (χ0) is 15.4. The summed E-state index contributed by atoms with van der Waals surface area (Å²) >= 11 is 0. The van der Waals surface area contributed by atoms with Gasteiger partial charge in [-0.15, -0.1) is 0 Å². The Labute approximate surface area is 122 Å². The fourth-order valence-electron chi connectivity index (χ4n) is 1.83. The summed E-state index contributed by atoms with van der Waals surface area (Å²) in [4.78, 5) is 11.9. The lowest BCUT2D eigenvalue weighted by atomic mass is 10.2. The van der Waals surface area contributed by atoms with E-state index in [1.165, 1.54) is 12.1 Å². The fraction of sp³-hybridized carbons (Fsp3) is 0.188. The van der Waals surface area contributed by atoms with E-state index in [2.05, 4.69) is 5.32 Å². The number of nitrogens with one attached hydrogen (secondary N) is 1. The molecule has 110 valence electrons. The SMILES string of the molecule is Cc1ccc(N)cc1NC(=O)COc1cc(F)ccc1C. The summed E-state index contributed by atoms with van der Waals surface area (Å²) in [7, 11) is 0. The van der Waals surface area contributed by atoms with Crippen molar-refractivity contribution in [2.45, 2.75) is 13.8 Å². The largest absolute Gasteiger partial charge is 0.483 e. The number of rotatable bonds is 4. The molecule has 0 radical (unpaired) electrons. The van der Waals surface area contributed by atoms with Gasteiger partial charge in [0.1, 0.15) is 11.6 Å². The third-order valence-corrected chi connectivity index (χ3v) is 3.04. The van der Waals surface area contributed by atoms with E-state index in [0.717, 1.165) is 11.1 Å². The van der Waals surface area contributed by atoms with Crippen LogP contribution in [0, 0.1) is 19.7 Å². The van der Waals surface area contributed by atoms with Crippen LogP contribution in [0.1, 0.15) is 11.1 Å². The van der Waals surface area contributed by atoms with E-state index in [4.69, 9.17) is 10.5 Å². The Bertz CT molecular complexity index is 671. The normalized spacial score (nSPS) is 10.2. The third kappa shape index (κ3) is 3.95. The molecule has 4 nitrogen and oxygen atoms in total. The van der Waals surface area contributed by atoms with Gasteiger partial charge in [0.05, 0.1) is 0 Å². The number of halogens is 1. The molecule has 0 aromatic heterocycles. The zero-order valence-electron chi connectivity index (χ0n) is 11.9. The number of carbonyl (C=O) groups excluding carboxylic acids is 1. The molecule has 0 saturated heterocycles. The Morgan fingerprint density at radius 1 is 1.19 bits per heavy atom. The van der Waals surface area contributed by atoms with Gasteiger partial charge in [0, 0.05) is 17.4 Å². The Morgan fingerprint density at radius 2 is 1.90 bits per heavy atom. The molecule has 0 aliphatic carbocycles. The highest BCUT2D eigenvalue weighted by Crippen LogP contribution is 2.20. The highest BCUT2D eigenvalue weighted by atomic mass is 19.1. The van der Waals surface area contributed by atoms with Crippen LogP contribution >= 0.6 is 0 Å². The van der Waals surface area contributed by atoms with Crippen molar-refractivity contribution in [1.82, 2.24) is 0 Å².